The van der Waals surface area contributed by atoms with Crippen molar-refractivity contribution < 1.29 is 9.90 Å². The first kappa shape index (κ1) is 12.2. The summed E-state index contributed by atoms with van der Waals surface area (Å²) >= 11 is 0. The largest absolute Gasteiger partial charge is 0.508 e. The van der Waals surface area contributed by atoms with Crippen LogP contribution in [-0.2, 0) is 19.4 Å². The van der Waals surface area contributed by atoms with Crippen molar-refractivity contribution in [3.05, 3.63) is 41.0 Å². The van der Waals surface area contributed by atoms with Crippen LogP contribution >= 0.6 is 0 Å². The van der Waals surface area contributed by atoms with Crippen LogP contribution in [0.2, 0.25) is 0 Å². The first-order chi connectivity index (χ1) is 10.7. The van der Waals surface area contributed by atoms with E-state index in [0.717, 1.165) is 42.4 Å². The number of aromatic hydroxyl groups is 1. The minimum atomic E-state index is 0.159. The zero-order chi connectivity index (χ0) is 14.8. The number of hydrogen-bond donors (Lipinski definition) is 2. The SMILES string of the molecule is O=C1CCc2cc3c(c4c5cc(O)ccc5n1c24)CCNC3. The van der Waals surface area contributed by atoms with Gasteiger partial charge in [0, 0.05) is 23.7 Å². The quantitative estimate of drug-likeness (QED) is 0.670. The molecule has 0 radical (unpaired) electrons. The van der Waals surface area contributed by atoms with Gasteiger partial charge in [-0.25, -0.2) is 0 Å². The third-order valence-corrected chi connectivity index (χ3v) is 5.02. The molecule has 0 atom stereocenters. The maximum atomic E-state index is 12.5. The van der Waals surface area contributed by atoms with Crippen LogP contribution in [0.15, 0.2) is 24.3 Å². The molecule has 110 valence electrons. The number of nitrogens with zero attached hydrogens (tertiary/aromatic N) is 1. The summed E-state index contributed by atoms with van der Waals surface area (Å²) in [5, 5.41) is 15.5. The number of phenolic OH excluding ortho intramolecular Hbond substituents is 1. The molecular formula is C18H16N2O2. The lowest BCUT2D eigenvalue weighted by atomic mass is 9.90. The lowest BCUT2D eigenvalue weighted by Gasteiger charge is -2.22. The van der Waals surface area contributed by atoms with Crippen LogP contribution in [0.4, 0.5) is 0 Å². The average Bonchev–Trinajstić information content (AvgIpc) is 2.87. The van der Waals surface area contributed by atoms with Gasteiger partial charge in [-0.3, -0.25) is 9.36 Å². The number of carbonyl (C=O) groups excluding carboxylic acids is 1. The van der Waals surface area contributed by atoms with E-state index in [1.807, 2.05) is 10.6 Å². The van der Waals surface area contributed by atoms with Gasteiger partial charge in [-0.1, -0.05) is 6.07 Å². The van der Waals surface area contributed by atoms with Crippen LogP contribution < -0.4 is 5.32 Å². The van der Waals surface area contributed by atoms with Crippen LogP contribution in [0, 0.1) is 0 Å². The van der Waals surface area contributed by atoms with Gasteiger partial charge in [0.05, 0.1) is 11.0 Å². The second-order valence-electron chi connectivity index (χ2n) is 6.25. The van der Waals surface area contributed by atoms with Gasteiger partial charge in [0.25, 0.3) is 0 Å². The third kappa shape index (κ3) is 1.43. The number of rotatable bonds is 0. The number of carbonyl (C=O) groups is 1. The molecule has 0 saturated heterocycles. The molecule has 0 fully saturated rings. The predicted octanol–water partition coefficient (Wildman–Crippen LogP) is 2.73. The van der Waals surface area contributed by atoms with Crippen molar-refractivity contribution in [2.45, 2.75) is 25.8 Å². The van der Waals surface area contributed by atoms with E-state index < -0.39 is 0 Å². The second-order valence-corrected chi connectivity index (χ2v) is 6.25. The number of benzene rings is 2. The summed E-state index contributed by atoms with van der Waals surface area (Å²) in [5.41, 5.74) is 5.92. The molecule has 22 heavy (non-hydrogen) atoms. The molecule has 1 aromatic heterocycles. The summed E-state index contributed by atoms with van der Waals surface area (Å²) in [7, 11) is 0. The lowest BCUT2D eigenvalue weighted by molar-refractivity contribution is 0.0908. The number of phenols is 1. The Morgan fingerprint density at radius 2 is 2.00 bits per heavy atom. The zero-order valence-electron chi connectivity index (χ0n) is 12.1. The van der Waals surface area contributed by atoms with Crippen molar-refractivity contribution in [2.75, 3.05) is 6.54 Å². The molecule has 5 rings (SSSR count). The molecule has 0 amide bonds. The first-order valence-electron chi connectivity index (χ1n) is 7.79. The van der Waals surface area contributed by atoms with E-state index in [1.54, 1.807) is 12.1 Å². The Balaban J connectivity index is 2.07. The topological polar surface area (TPSA) is 54.3 Å². The zero-order valence-corrected chi connectivity index (χ0v) is 12.1. The van der Waals surface area contributed by atoms with Crippen LogP contribution in [0.5, 0.6) is 5.75 Å². The van der Waals surface area contributed by atoms with Crippen LogP contribution in [0.1, 0.15) is 27.9 Å². The first-order valence-corrected chi connectivity index (χ1v) is 7.79. The fraction of sp³-hybridized carbons (Fsp3) is 0.278. The van der Waals surface area contributed by atoms with Crippen molar-refractivity contribution in [3.63, 3.8) is 0 Å². The average molecular weight is 292 g/mol. The molecule has 2 aliphatic rings. The summed E-state index contributed by atoms with van der Waals surface area (Å²) in [4.78, 5) is 12.5. The molecule has 2 aromatic carbocycles. The minimum Gasteiger partial charge on any atom is -0.508 e. The molecule has 2 aliphatic heterocycles. The van der Waals surface area contributed by atoms with E-state index in [0.29, 0.717) is 6.42 Å². The molecule has 0 bridgehead atoms. The number of hydrogen-bond acceptors (Lipinski definition) is 3. The normalized spacial score (nSPS) is 17.2. The molecule has 3 aromatic rings. The Morgan fingerprint density at radius 3 is 2.91 bits per heavy atom. The molecule has 3 heterocycles. The molecule has 2 N–H and O–H groups in total. The minimum absolute atomic E-state index is 0.159. The summed E-state index contributed by atoms with van der Waals surface area (Å²) < 4.78 is 1.87. The van der Waals surface area contributed by atoms with Crippen molar-refractivity contribution in [1.82, 2.24) is 9.88 Å². The standard InChI is InChI=1S/C18H16N2O2/c21-12-2-3-15-14(8-12)17-13-5-6-19-9-11(13)7-10-1-4-16(22)20(15)18(10)17/h2-3,7-8,19,21H,1,4-6,9H2. The molecular weight excluding hydrogens is 276 g/mol. The summed E-state index contributed by atoms with van der Waals surface area (Å²) in [6.45, 7) is 1.85. The summed E-state index contributed by atoms with van der Waals surface area (Å²) in [6, 6.07) is 7.61. The molecule has 0 spiro atoms. The highest BCUT2D eigenvalue weighted by Gasteiger charge is 2.27. The van der Waals surface area contributed by atoms with Gasteiger partial charge in [-0.15, -0.1) is 0 Å². The van der Waals surface area contributed by atoms with E-state index in [-0.39, 0.29) is 11.7 Å². The van der Waals surface area contributed by atoms with Gasteiger partial charge in [0.15, 0.2) is 0 Å². The number of aromatic nitrogens is 1. The highest BCUT2D eigenvalue weighted by Crippen LogP contribution is 2.40. The molecule has 0 aliphatic carbocycles. The van der Waals surface area contributed by atoms with Crippen molar-refractivity contribution in [2.24, 2.45) is 0 Å². The maximum Gasteiger partial charge on any atom is 0.231 e. The van der Waals surface area contributed by atoms with E-state index in [9.17, 15) is 9.90 Å². The Hall–Kier alpha value is -2.33. The predicted molar refractivity (Wildman–Crippen MR) is 85.5 cm³/mol. The van der Waals surface area contributed by atoms with Gasteiger partial charge in [-0.2, -0.15) is 0 Å². The van der Waals surface area contributed by atoms with Crippen molar-refractivity contribution in [1.29, 1.82) is 0 Å². The highest BCUT2D eigenvalue weighted by atomic mass is 16.3. The fourth-order valence-electron chi connectivity index (χ4n) is 4.10. The van der Waals surface area contributed by atoms with E-state index in [1.165, 1.54) is 22.1 Å². The van der Waals surface area contributed by atoms with Crippen molar-refractivity contribution >= 4 is 27.7 Å². The lowest BCUT2D eigenvalue weighted by Crippen LogP contribution is -2.25. The smallest absolute Gasteiger partial charge is 0.231 e. The van der Waals surface area contributed by atoms with Gasteiger partial charge >= 0.3 is 0 Å². The Labute approximate surface area is 127 Å². The highest BCUT2D eigenvalue weighted by molar-refractivity contribution is 6.17. The molecule has 0 unspecified atom stereocenters. The fourth-order valence-corrected chi connectivity index (χ4v) is 4.10. The molecule has 4 heteroatoms. The Bertz CT molecular complexity index is 969. The second kappa shape index (κ2) is 4.11. The monoisotopic (exact) mass is 292 g/mol. The molecule has 0 saturated carbocycles. The molecule has 4 nitrogen and oxygen atoms in total. The van der Waals surface area contributed by atoms with Gasteiger partial charge in [0.1, 0.15) is 5.75 Å². The summed E-state index contributed by atoms with van der Waals surface area (Å²) in [6.07, 6.45) is 2.33. The van der Waals surface area contributed by atoms with E-state index >= 15 is 0 Å². The van der Waals surface area contributed by atoms with Crippen LogP contribution in [-0.4, -0.2) is 22.1 Å². The summed E-state index contributed by atoms with van der Waals surface area (Å²) in [5.74, 6) is 0.415. The number of nitrogens with one attached hydrogen (secondary N) is 1. The Morgan fingerprint density at radius 1 is 1.09 bits per heavy atom. The Kier molecular flexibility index (Phi) is 2.29. The number of aryl methyl sites for hydroxylation is 1. The van der Waals surface area contributed by atoms with E-state index in [4.69, 9.17) is 0 Å². The van der Waals surface area contributed by atoms with E-state index in [2.05, 4.69) is 11.4 Å². The van der Waals surface area contributed by atoms with Gasteiger partial charge in [0.2, 0.25) is 5.91 Å². The van der Waals surface area contributed by atoms with Crippen molar-refractivity contribution in [3.8, 4) is 5.75 Å². The van der Waals surface area contributed by atoms with Gasteiger partial charge < -0.3 is 10.4 Å². The van der Waals surface area contributed by atoms with Crippen LogP contribution in [0.25, 0.3) is 21.8 Å². The van der Waals surface area contributed by atoms with Crippen LogP contribution in [0.3, 0.4) is 0 Å². The third-order valence-electron chi connectivity index (χ3n) is 5.02. The van der Waals surface area contributed by atoms with Gasteiger partial charge in [-0.05, 0) is 54.3 Å². The maximum absolute atomic E-state index is 12.5. The number of fused-ring (bicyclic) bond motifs is 5.